The van der Waals surface area contributed by atoms with Gasteiger partial charge in [-0.1, -0.05) is 0 Å². The molecule has 142 valence electrons. The van der Waals surface area contributed by atoms with Gasteiger partial charge in [-0.15, -0.1) is 0 Å². The number of hydrogen-bond acceptors (Lipinski definition) is 4. The Labute approximate surface area is 157 Å². The Kier molecular flexibility index (Phi) is 11.2. The van der Waals surface area contributed by atoms with E-state index >= 15 is 0 Å². The van der Waals surface area contributed by atoms with Gasteiger partial charge in [-0.05, 0) is 0 Å². The van der Waals surface area contributed by atoms with Crippen molar-refractivity contribution in [3.8, 4) is 0 Å². The maximum absolute atomic E-state index is 12.5. The van der Waals surface area contributed by atoms with Crippen LogP contribution in [0.1, 0.15) is 72.0 Å². The predicted octanol–water partition coefficient (Wildman–Crippen LogP) is 5.98. The monoisotopic (exact) mass is 457 g/mol. The van der Waals surface area contributed by atoms with Crippen LogP contribution >= 0.6 is 0 Å². The van der Waals surface area contributed by atoms with Crippen molar-refractivity contribution in [2.75, 3.05) is 6.54 Å². The van der Waals surface area contributed by atoms with Crippen LogP contribution in [0, 0.1) is 0 Å². The van der Waals surface area contributed by atoms with Gasteiger partial charge < -0.3 is 0 Å². The molecular weight excluding hydrogens is 421 g/mol. The van der Waals surface area contributed by atoms with Crippen LogP contribution in [0.25, 0.3) is 0 Å². The minimum atomic E-state index is -2.87. The molecule has 0 saturated heterocycles. The zero-order valence-electron chi connectivity index (χ0n) is 16.5. The molecule has 4 nitrogen and oxygen atoms in total. The average molecular weight is 456 g/mol. The van der Waals surface area contributed by atoms with E-state index in [4.69, 9.17) is 7.49 Å². The van der Waals surface area contributed by atoms with Gasteiger partial charge in [0.1, 0.15) is 0 Å². The van der Waals surface area contributed by atoms with Gasteiger partial charge in [0.15, 0.2) is 0 Å². The van der Waals surface area contributed by atoms with Crippen LogP contribution in [0.2, 0.25) is 13.3 Å². The maximum atomic E-state index is 12.5. The van der Waals surface area contributed by atoms with Gasteiger partial charge in [0.2, 0.25) is 0 Å². The third-order valence-electron chi connectivity index (χ3n) is 4.61. The van der Waals surface area contributed by atoms with E-state index in [9.17, 15) is 4.79 Å². The van der Waals surface area contributed by atoms with Crippen molar-refractivity contribution in [2.24, 2.45) is 4.99 Å². The number of carbonyl (C=O) groups excluding carboxylic acids is 1. The molecule has 0 aliphatic carbocycles. The van der Waals surface area contributed by atoms with Crippen LogP contribution in [0.4, 0.5) is 0 Å². The fourth-order valence-electron chi connectivity index (χ4n) is 3.04. The average Bonchev–Trinajstić information content (AvgIpc) is 3.15. The molecule has 1 aromatic rings. The van der Waals surface area contributed by atoms with Gasteiger partial charge >= 0.3 is 158 Å². The number of rotatable bonds is 13. The first kappa shape index (κ1) is 22.3. The summed E-state index contributed by atoms with van der Waals surface area (Å²) in [5, 5.41) is 0. The minimum absolute atomic E-state index is 0.107. The predicted molar refractivity (Wildman–Crippen MR) is 107 cm³/mol. The summed E-state index contributed by atoms with van der Waals surface area (Å²) in [4.78, 5) is 16.9. The van der Waals surface area contributed by atoms with E-state index in [1.54, 1.807) is 6.26 Å². The van der Waals surface area contributed by atoms with Crippen molar-refractivity contribution >= 4 is 30.5 Å². The van der Waals surface area contributed by atoms with Crippen molar-refractivity contribution in [2.45, 2.75) is 79.5 Å². The second-order valence-electron chi connectivity index (χ2n) is 6.85. The topological polar surface area (TPSA) is 51.8 Å². The molecule has 0 bridgehead atoms. The normalized spacial score (nSPS) is 12.4. The number of hydrogen-bond donors (Lipinski definition) is 0. The number of carbonyl (C=O) groups is 1. The van der Waals surface area contributed by atoms with Gasteiger partial charge in [-0.3, -0.25) is 0 Å². The molecule has 1 aromatic heterocycles. The first-order valence-corrected chi connectivity index (χ1v) is 17.1. The molecule has 0 amide bonds. The Morgan fingerprint density at radius 1 is 1.08 bits per heavy atom. The van der Waals surface area contributed by atoms with Gasteiger partial charge in [0.05, 0.1) is 0 Å². The van der Waals surface area contributed by atoms with E-state index in [2.05, 4.69) is 25.8 Å². The molecule has 5 heteroatoms. The first-order chi connectivity index (χ1) is 12.1. The van der Waals surface area contributed by atoms with E-state index in [1.807, 2.05) is 19.1 Å². The van der Waals surface area contributed by atoms with Crippen molar-refractivity contribution < 1.29 is 12.3 Å². The van der Waals surface area contributed by atoms with Crippen LogP contribution in [0.5, 0.6) is 0 Å². The summed E-state index contributed by atoms with van der Waals surface area (Å²) in [5.41, 5.74) is 0.749. The summed E-state index contributed by atoms with van der Waals surface area (Å²) in [5.74, 6) is 0.579. The van der Waals surface area contributed by atoms with Crippen LogP contribution in [-0.4, -0.2) is 37.0 Å². The molecule has 0 saturated carbocycles. The number of unbranched alkanes of at least 4 members (excludes halogenated alkanes) is 3. The summed E-state index contributed by atoms with van der Waals surface area (Å²) in [6.45, 7) is 8.63. The van der Waals surface area contributed by atoms with Crippen LogP contribution in [0.3, 0.4) is 0 Å². The fraction of sp³-hybridized carbons (Fsp3) is 0.700. The molecular formula is C20H35NO3Sn. The standard InChI is InChI=1S/C8H9NO3.3C4H9.Sn/c1-6(9-5-8(10)11)7-3-2-4-12-7;3*1-3-4-2;/h2-4H,5H2,1H3,(H,10,11);3*1,3-4H2,2H3;/q;;;;+1/p-1. The van der Waals surface area contributed by atoms with Crippen molar-refractivity contribution in [1.29, 1.82) is 0 Å². The molecule has 1 heterocycles. The van der Waals surface area contributed by atoms with Gasteiger partial charge in [0.25, 0.3) is 0 Å². The summed E-state index contributed by atoms with van der Waals surface area (Å²) in [6, 6.07) is 3.69. The third kappa shape index (κ3) is 8.43. The van der Waals surface area contributed by atoms with E-state index in [1.165, 1.54) is 38.5 Å². The summed E-state index contributed by atoms with van der Waals surface area (Å²) in [7, 11) is 0. The van der Waals surface area contributed by atoms with Crippen molar-refractivity contribution in [3.05, 3.63) is 24.2 Å². The Balaban J connectivity index is 2.75. The Hall–Kier alpha value is -0.781. The molecule has 0 atom stereocenters. The Bertz CT molecular complexity index is 489. The number of aliphatic imine (C=N–C) groups is 1. The fourth-order valence-corrected chi connectivity index (χ4v) is 16.2. The zero-order valence-corrected chi connectivity index (χ0v) is 19.3. The van der Waals surface area contributed by atoms with Crippen LogP contribution in [0.15, 0.2) is 27.8 Å². The SMILES string of the molecule is CCC[CH2][Sn]([CH2]CCC)([CH2]CCC)[O]C(=O)CN=C(C)c1ccco1. The zero-order chi connectivity index (χ0) is 18.5. The number of nitrogens with zero attached hydrogens (tertiary/aromatic N) is 1. The molecule has 25 heavy (non-hydrogen) atoms. The molecule has 0 unspecified atom stereocenters. The van der Waals surface area contributed by atoms with Crippen molar-refractivity contribution in [1.82, 2.24) is 0 Å². The van der Waals surface area contributed by atoms with Gasteiger partial charge in [-0.25, -0.2) is 0 Å². The summed E-state index contributed by atoms with van der Waals surface area (Å²) >= 11 is -2.87. The second kappa shape index (κ2) is 12.6. The molecule has 1 rings (SSSR count). The van der Waals surface area contributed by atoms with Crippen LogP contribution < -0.4 is 0 Å². The van der Waals surface area contributed by atoms with E-state index in [-0.39, 0.29) is 12.5 Å². The third-order valence-corrected chi connectivity index (χ3v) is 17.3. The Morgan fingerprint density at radius 3 is 2.08 bits per heavy atom. The van der Waals surface area contributed by atoms with E-state index in [0.29, 0.717) is 5.76 Å². The van der Waals surface area contributed by atoms with Gasteiger partial charge in [-0.2, -0.15) is 0 Å². The molecule has 0 aliphatic heterocycles. The van der Waals surface area contributed by atoms with Gasteiger partial charge in [0, 0.05) is 0 Å². The molecule has 0 fully saturated rings. The Morgan fingerprint density at radius 2 is 1.64 bits per heavy atom. The first-order valence-electron chi connectivity index (χ1n) is 9.83. The second-order valence-corrected chi connectivity index (χ2v) is 18.5. The van der Waals surface area contributed by atoms with E-state index in [0.717, 1.165) is 19.0 Å². The molecule has 0 aromatic carbocycles. The van der Waals surface area contributed by atoms with Crippen LogP contribution in [-0.2, 0) is 7.87 Å². The van der Waals surface area contributed by atoms with E-state index < -0.39 is 18.8 Å². The number of furan rings is 1. The molecule has 0 aliphatic rings. The molecule has 0 radical (unpaired) electrons. The molecule has 0 N–H and O–H groups in total. The summed E-state index contributed by atoms with van der Waals surface area (Å²) in [6.07, 6.45) is 8.69. The molecule has 0 spiro atoms. The summed E-state index contributed by atoms with van der Waals surface area (Å²) < 4.78 is 15.1. The van der Waals surface area contributed by atoms with Crippen molar-refractivity contribution in [3.63, 3.8) is 0 Å². The quantitative estimate of drug-likeness (QED) is 0.271.